The summed E-state index contributed by atoms with van der Waals surface area (Å²) in [5.74, 6) is 0.109. The molecule has 1 atom stereocenters. The summed E-state index contributed by atoms with van der Waals surface area (Å²) in [6.45, 7) is 5.92. The highest BCUT2D eigenvalue weighted by atomic mass is 35.5. The van der Waals surface area contributed by atoms with E-state index in [2.05, 4.69) is 33.3 Å². The molecule has 5 nitrogen and oxygen atoms in total. The monoisotopic (exact) mass is 413 g/mol. The van der Waals surface area contributed by atoms with E-state index in [0.29, 0.717) is 0 Å². The highest BCUT2D eigenvalue weighted by molar-refractivity contribution is 6.31. The quantitative estimate of drug-likeness (QED) is 0.803. The van der Waals surface area contributed by atoms with Gasteiger partial charge in [0.05, 0.1) is 19.1 Å². The standard InChI is InChI=1S/C23H28ClN3O2/c24-22-6-2-1-4-18(22)16-26-11-3-5-19(17-26)23(28)25-20-7-9-21(10-8-20)27-12-14-29-15-13-27/h1-2,4,6-10,19H,3,5,11-17H2,(H,25,28). The van der Waals surface area contributed by atoms with Gasteiger partial charge in [-0.3, -0.25) is 9.69 Å². The van der Waals surface area contributed by atoms with E-state index in [0.717, 1.165) is 75.1 Å². The second kappa shape index (κ2) is 9.61. The highest BCUT2D eigenvalue weighted by Gasteiger charge is 2.26. The molecule has 0 bridgehead atoms. The molecule has 0 saturated carbocycles. The number of hydrogen-bond acceptors (Lipinski definition) is 4. The first kappa shape index (κ1) is 20.2. The van der Waals surface area contributed by atoms with Gasteiger partial charge in [-0.15, -0.1) is 0 Å². The average molecular weight is 414 g/mol. The summed E-state index contributed by atoms with van der Waals surface area (Å²) >= 11 is 6.30. The Bertz CT molecular complexity index is 821. The van der Waals surface area contributed by atoms with E-state index in [9.17, 15) is 4.79 Å². The molecule has 1 N–H and O–H groups in total. The molecule has 2 fully saturated rings. The van der Waals surface area contributed by atoms with Crippen LogP contribution in [0.2, 0.25) is 5.02 Å². The molecular weight excluding hydrogens is 386 g/mol. The van der Waals surface area contributed by atoms with Gasteiger partial charge in [0.15, 0.2) is 0 Å². The van der Waals surface area contributed by atoms with Crippen molar-refractivity contribution in [1.82, 2.24) is 4.90 Å². The molecular formula is C23H28ClN3O2. The molecule has 1 amide bonds. The Morgan fingerprint density at radius 1 is 1.07 bits per heavy atom. The van der Waals surface area contributed by atoms with E-state index in [-0.39, 0.29) is 11.8 Å². The molecule has 29 heavy (non-hydrogen) atoms. The van der Waals surface area contributed by atoms with Gasteiger partial charge in [0.2, 0.25) is 5.91 Å². The van der Waals surface area contributed by atoms with Gasteiger partial charge in [0.25, 0.3) is 0 Å². The Labute approximate surface area is 177 Å². The van der Waals surface area contributed by atoms with Crippen LogP contribution in [-0.2, 0) is 16.1 Å². The number of piperidine rings is 1. The maximum atomic E-state index is 12.8. The van der Waals surface area contributed by atoms with Crippen LogP contribution in [0.15, 0.2) is 48.5 Å². The van der Waals surface area contributed by atoms with Crippen LogP contribution < -0.4 is 10.2 Å². The number of ether oxygens (including phenoxy) is 1. The number of rotatable bonds is 5. The first-order valence-electron chi connectivity index (χ1n) is 10.4. The molecule has 0 spiro atoms. The van der Waals surface area contributed by atoms with Crippen molar-refractivity contribution in [2.75, 3.05) is 49.6 Å². The average Bonchev–Trinajstić information content (AvgIpc) is 2.77. The Morgan fingerprint density at radius 3 is 2.59 bits per heavy atom. The first-order chi connectivity index (χ1) is 14.2. The third kappa shape index (κ3) is 5.30. The molecule has 1 unspecified atom stereocenters. The summed E-state index contributed by atoms with van der Waals surface area (Å²) in [5.41, 5.74) is 3.15. The number of nitrogens with one attached hydrogen (secondary N) is 1. The number of amides is 1. The first-order valence-corrected chi connectivity index (χ1v) is 10.8. The van der Waals surface area contributed by atoms with Crippen LogP contribution in [0.3, 0.4) is 0 Å². The van der Waals surface area contributed by atoms with Crippen LogP contribution >= 0.6 is 11.6 Å². The van der Waals surface area contributed by atoms with Crippen molar-refractivity contribution in [3.8, 4) is 0 Å². The molecule has 0 aromatic heterocycles. The molecule has 2 aromatic carbocycles. The molecule has 2 saturated heterocycles. The highest BCUT2D eigenvalue weighted by Crippen LogP contribution is 2.24. The molecule has 2 aliphatic heterocycles. The lowest BCUT2D eigenvalue weighted by molar-refractivity contribution is -0.121. The lowest BCUT2D eigenvalue weighted by Crippen LogP contribution is -2.40. The van der Waals surface area contributed by atoms with Crippen LogP contribution in [0.5, 0.6) is 0 Å². The number of anilines is 2. The number of carbonyl (C=O) groups excluding carboxylic acids is 1. The molecule has 0 radical (unpaired) electrons. The maximum Gasteiger partial charge on any atom is 0.228 e. The maximum absolute atomic E-state index is 12.8. The van der Waals surface area contributed by atoms with E-state index < -0.39 is 0 Å². The largest absolute Gasteiger partial charge is 0.378 e. The van der Waals surface area contributed by atoms with Gasteiger partial charge >= 0.3 is 0 Å². The molecule has 0 aliphatic carbocycles. The molecule has 4 rings (SSSR count). The minimum Gasteiger partial charge on any atom is -0.378 e. The van der Waals surface area contributed by atoms with Crippen LogP contribution in [-0.4, -0.2) is 50.2 Å². The lowest BCUT2D eigenvalue weighted by Gasteiger charge is -2.32. The number of hydrogen-bond donors (Lipinski definition) is 1. The number of carbonyl (C=O) groups is 1. The Morgan fingerprint density at radius 2 is 1.83 bits per heavy atom. The van der Waals surface area contributed by atoms with Gasteiger partial charge in [-0.1, -0.05) is 29.8 Å². The molecule has 2 aliphatic rings. The summed E-state index contributed by atoms with van der Waals surface area (Å²) in [6, 6.07) is 16.1. The summed E-state index contributed by atoms with van der Waals surface area (Å²) < 4.78 is 5.41. The number of nitrogens with zero attached hydrogens (tertiary/aromatic N) is 2. The van der Waals surface area contributed by atoms with Crippen molar-refractivity contribution in [3.63, 3.8) is 0 Å². The van der Waals surface area contributed by atoms with E-state index in [4.69, 9.17) is 16.3 Å². The minimum atomic E-state index is 0.00478. The van der Waals surface area contributed by atoms with Gasteiger partial charge in [0.1, 0.15) is 0 Å². The predicted octanol–water partition coefficient (Wildman–Crippen LogP) is 4.03. The second-order valence-electron chi connectivity index (χ2n) is 7.80. The number of morpholine rings is 1. The molecule has 154 valence electrons. The summed E-state index contributed by atoms with van der Waals surface area (Å²) in [4.78, 5) is 17.5. The Balaban J connectivity index is 1.32. The van der Waals surface area contributed by atoms with Crippen molar-refractivity contribution < 1.29 is 9.53 Å². The zero-order valence-electron chi connectivity index (χ0n) is 16.6. The summed E-state index contributed by atoms with van der Waals surface area (Å²) in [5, 5.41) is 3.89. The van der Waals surface area contributed by atoms with Gasteiger partial charge in [0, 0.05) is 42.6 Å². The molecule has 2 heterocycles. The van der Waals surface area contributed by atoms with E-state index in [1.165, 1.54) is 5.69 Å². The second-order valence-corrected chi connectivity index (χ2v) is 8.21. The predicted molar refractivity (Wildman–Crippen MR) is 118 cm³/mol. The molecule has 2 aromatic rings. The van der Waals surface area contributed by atoms with Gasteiger partial charge in [-0.2, -0.15) is 0 Å². The normalized spacial score (nSPS) is 20.4. The zero-order chi connectivity index (χ0) is 20.1. The fourth-order valence-corrected chi connectivity index (χ4v) is 4.30. The van der Waals surface area contributed by atoms with Crippen LogP contribution in [0.25, 0.3) is 0 Å². The van der Waals surface area contributed by atoms with Crippen LogP contribution in [0.4, 0.5) is 11.4 Å². The number of benzene rings is 2. The lowest BCUT2D eigenvalue weighted by atomic mass is 9.96. The smallest absolute Gasteiger partial charge is 0.228 e. The fourth-order valence-electron chi connectivity index (χ4n) is 4.10. The number of halogens is 1. The summed E-state index contributed by atoms with van der Waals surface area (Å²) in [6.07, 6.45) is 1.95. The summed E-state index contributed by atoms with van der Waals surface area (Å²) in [7, 11) is 0. The van der Waals surface area contributed by atoms with Gasteiger partial charge < -0.3 is 15.0 Å². The molecule has 6 heteroatoms. The van der Waals surface area contributed by atoms with E-state index in [1.807, 2.05) is 30.3 Å². The fraction of sp³-hybridized carbons (Fsp3) is 0.435. The van der Waals surface area contributed by atoms with Crippen molar-refractivity contribution in [2.24, 2.45) is 5.92 Å². The van der Waals surface area contributed by atoms with Crippen LogP contribution in [0, 0.1) is 5.92 Å². The zero-order valence-corrected chi connectivity index (χ0v) is 17.4. The van der Waals surface area contributed by atoms with E-state index in [1.54, 1.807) is 0 Å². The van der Waals surface area contributed by atoms with Crippen LogP contribution in [0.1, 0.15) is 18.4 Å². The minimum absolute atomic E-state index is 0.00478. The van der Waals surface area contributed by atoms with E-state index >= 15 is 0 Å². The van der Waals surface area contributed by atoms with Gasteiger partial charge in [-0.05, 0) is 55.3 Å². The van der Waals surface area contributed by atoms with Crippen molar-refractivity contribution >= 4 is 28.9 Å². The third-order valence-electron chi connectivity index (χ3n) is 5.74. The Hall–Kier alpha value is -2.08. The number of likely N-dealkylation sites (tertiary alicyclic amines) is 1. The van der Waals surface area contributed by atoms with Crippen molar-refractivity contribution in [3.05, 3.63) is 59.1 Å². The SMILES string of the molecule is O=C(Nc1ccc(N2CCOCC2)cc1)C1CCCN(Cc2ccccc2Cl)C1. The van der Waals surface area contributed by atoms with Crippen molar-refractivity contribution in [2.45, 2.75) is 19.4 Å². The Kier molecular flexibility index (Phi) is 6.70. The third-order valence-corrected chi connectivity index (χ3v) is 6.11. The van der Waals surface area contributed by atoms with Gasteiger partial charge in [-0.25, -0.2) is 0 Å². The van der Waals surface area contributed by atoms with Crippen molar-refractivity contribution in [1.29, 1.82) is 0 Å². The topological polar surface area (TPSA) is 44.8 Å².